The SMILES string of the molecule is CCCCc1cnnn1Cc1ccc(Br)c(COCC)c1. The molecule has 0 aliphatic rings. The first-order valence-corrected chi connectivity index (χ1v) is 8.26. The molecule has 0 aliphatic heterocycles. The van der Waals surface area contributed by atoms with Crippen molar-refractivity contribution in [3.8, 4) is 0 Å². The number of aromatic nitrogens is 3. The zero-order valence-electron chi connectivity index (χ0n) is 12.7. The van der Waals surface area contributed by atoms with Crippen molar-refractivity contribution < 1.29 is 4.74 Å². The lowest BCUT2D eigenvalue weighted by Gasteiger charge is -2.10. The molecule has 1 aromatic carbocycles. The maximum absolute atomic E-state index is 5.50. The monoisotopic (exact) mass is 351 g/mol. The number of nitrogens with zero attached hydrogens (tertiary/aromatic N) is 3. The second kappa shape index (κ2) is 8.29. The maximum atomic E-state index is 5.50. The summed E-state index contributed by atoms with van der Waals surface area (Å²) in [5, 5.41) is 8.24. The first kappa shape index (κ1) is 16.2. The Bertz CT molecular complexity index is 568. The second-order valence-electron chi connectivity index (χ2n) is 5.05. The molecule has 0 unspecified atom stereocenters. The van der Waals surface area contributed by atoms with Gasteiger partial charge in [0.2, 0.25) is 0 Å². The molecule has 4 nitrogen and oxygen atoms in total. The molecule has 1 heterocycles. The highest BCUT2D eigenvalue weighted by atomic mass is 79.9. The van der Waals surface area contributed by atoms with E-state index < -0.39 is 0 Å². The summed E-state index contributed by atoms with van der Waals surface area (Å²) < 4.78 is 8.58. The Morgan fingerprint density at radius 3 is 2.90 bits per heavy atom. The Balaban J connectivity index is 2.10. The number of aryl methyl sites for hydroxylation is 1. The molecule has 114 valence electrons. The number of hydrogen-bond donors (Lipinski definition) is 0. The van der Waals surface area contributed by atoms with Crippen molar-refractivity contribution >= 4 is 15.9 Å². The Labute approximate surface area is 134 Å². The molecule has 2 rings (SSSR count). The lowest BCUT2D eigenvalue weighted by molar-refractivity contribution is 0.133. The third kappa shape index (κ3) is 4.64. The molecule has 0 N–H and O–H groups in total. The maximum Gasteiger partial charge on any atom is 0.0727 e. The van der Waals surface area contributed by atoms with E-state index in [9.17, 15) is 0 Å². The summed E-state index contributed by atoms with van der Waals surface area (Å²) in [5.41, 5.74) is 3.59. The third-order valence-electron chi connectivity index (χ3n) is 3.39. The van der Waals surface area contributed by atoms with Gasteiger partial charge in [-0.2, -0.15) is 0 Å². The van der Waals surface area contributed by atoms with Gasteiger partial charge in [-0.05, 0) is 37.0 Å². The molecule has 0 spiro atoms. The molecule has 0 radical (unpaired) electrons. The first-order chi connectivity index (χ1) is 10.2. The van der Waals surface area contributed by atoms with Crippen molar-refractivity contribution in [1.82, 2.24) is 15.0 Å². The van der Waals surface area contributed by atoms with Gasteiger partial charge in [-0.3, -0.25) is 0 Å². The fourth-order valence-electron chi connectivity index (χ4n) is 2.19. The highest BCUT2D eigenvalue weighted by molar-refractivity contribution is 9.10. The quantitative estimate of drug-likeness (QED) is 0.722. The van der Waals surface area contributed by atoms with Crippen molar-refractivity contribution in [3.63, 3.8) is 0 Å². The van der Waals surface area contributed by atoms with E-state index in [4.69, 9.17) is 4.74 Å². The molecule has 5 heteroatoms. The summed E-state index contributed by atoms with van der Waals surface area (Å²) in [6.07, 6.45) is 5.26. The molecular weight excluding hydrogens is 330 g/mol. The fraction of sp³-hybridized carbons (Fsp3) is 0.500. The van der Waals surface area contributed by atoms with Gasteiger partial charge in [0.1, 0.15) is 0 Å². The summed E-state index contributed by atoms with van der Waals surface area (Å²) in [6.45, 7) is 6.31. The van der Waals surface area contributed by atoms with Crippen molar-refractivity contribution in [2.45, 2.75) is 46.3 Å². The Kier molecular flexibility index (Phi) is 6.39. The second-order valence-corrected chi connectivity index (χ2v) is 5.90. The molecule has 0 aliphatic carbocycles. The lowest BCUT2D eigenvalue weighted by Crippen LogP contribution is -2.07. The minimum absolute atomic E-state index is 0.630. The molecule has 0 saturated carbocycles. The zero-order valence-corrected chi connectivity index (χ0v) is 14.3. The molecular formula is C16H22BrN3O. The van der Waals surface area contributed by atoms with Gasteiger partial charge in [-0.25, -0.2) is 4.68 Å². The van der Waals surface area contributed by atoms with Crippen LogP contribution >= 0.6 is 15.9 Å². The lowest BCUT2D eigenvalue weighted by atomic mass is 10.1. The van der Waals surface area contributed by atoms with Gasteiger partial charge in [0.15, 0.2) is 0 Å². The Morgan fingerprint density at radius 1 is 1.29 bits per heavy atom. The largest absolute Gasteiger partial charge is 0.377 e. The van der Waals surface area contributed by atoms with Crippen molar-refractivity contribution in [2.24, 2.45) is 0 Å². The average Bonchev–Trinajstić information content (AvgIpc) is 2.92. The van der Waals surface area contributed by atoms with Crippen LogP contribution in [0.25, 0.3) is 0 Å². The van der Waals surface area contributed by atoms with E-state index >= 15 is 0 Å². The molecule has 2 aromatic rings. The highest BCUT2D eigenvalue weighted by Gasteiger charge is 2.07. The van der Waals surface area contributed by atoms with Gasteiger partial charge in [0.05, 0.1) is 25.0 Å². The van der Waals surface area contributed by atoms with Crippen LogP contribution in [0.3, 0.4) is 0 Å². The van der Waals surface area contributed by atoms with Crippen LogP contribution in [0.5, 0.6) is 0 Å². The predicted octanol–water partition coefficient (Wildman–Crippen LogP) is 3.97. The standard InChI is InChI=1S/C16H22BrN3O/c1-3-5-6-15-10-18-19-20(15)11-13-7-8-16(17)14(9-13)12-21-4-2/h7-10H,3-6,11-12H2,1-2H3. The molecule has 0 amide bonds. The number of benzene rings is 1. The van der Waals surface area contributed by atoms with E-state index in [1.165, 1.54) is 29.7 Å². The van der Waals surface area contributed by atoms with E-state index in [0.29, 0.717) is 6.61 Å². The topological polar surface area (TPSA) is 39.9 Å². The van der Waals surface area contributed by atoms with Crippen molar-refractivity contribution in [1.29, 1.82) is 0 Å². The van der Waals surface area contributed by atoms with Crippen LogP contribution in [0.2, 0.25) is 0 Å². The predicted molar refractivity (Wildman–Crippen MR) is 87.2 cm³/mol. The van der Waals surface area contributed by atoms with Crippen molar-refractivity contribution in [3.05, 3.63) is 45.7 Å². The summed E-state index contributed by atoms with van der Waals surface area (Å²) in [4.78, 5) is 0. The van der Waals surface area contributed by atoms with Gasteiger partial charge in [-0.15, -0.1) is 5.10 Å². The van der Waals surface area contributed by atoms with Gasteiger partial charge in [-0.1, -0.05) is 46.6 Å². The molecule has 1 aromatic heterocycles. The number of rotatable bonds is 8. The van der Waals surface area contributed by atoms with Crippen LogP contribution in [0.1, 0.15) is 43.5 Å². The van der Waals surface area contributed by atoms with Crippen LogP contribution in [0, 0.1) is 0 Å². The molecule has 0 fully saturated rings. The summed E-state index contributed by atoms with van der Waals surface area (Å²) in [7, 11) is 0. The first-order valence-electron chi connectivity index (χ1n) is 7.47. The van der Waals surface area contributed by atoms with E-state index in [2.05, 4.69) is 51.4 Å². The minimum atomic E-state index is 0.630. The summed E-state index contributed by atoms with van der Waals surface area (Å²) in [5.74, 6) is 0. The fourth-order valence-corrected chi connectivity index (χ4v) is 2.55. The minimum Gasteiger partial charge on any atom is -0.377 e. The highest BCUT2D eigenvalue weighted by Crippen LogP contribution is 2.20. The number of halogens is 1. The molecule has 21 heavy (non-hydrogen) atoms. The Morgan fingerprint density at radius 2 is 2.14 bits per heavy atom. The van der Waals surface area contributed by atoms with Gasteiger partial charge in [0, 0.05) is 11.1 Å². The smallest absolute Gasteiger partial charge is 0.0727 e. The van der Waals surface area contributed by atoms with Gasteiger partial charge < -0.3 is 4.74 Å². The molecule has 0 bridgehead atoms. The van der Waals surface area contributed by atoms with Crippen molar-refractivity contribution in [2.75, 3.05) is 6.61 Å². The van der Waals surface area contributed by atoms with Gasteiger partial charge >= 0.3 is 0 Å². The Hall–Kier alpha value is -1.20. The van der Waals surface area contributed by atoms with E-state index in [1.807, 2.05) is 17.8 Å². The number of unbranched alkanes of at least 4 members (excludes halogenated alkanes) is 1. The third-order valence-corrected chi connectivity index (χ3v) is 4.16. The molecule has 0 saturated heterocycles. The van der Waals surface area contributed by atoms with E-state index in [1.54, 1.807) is 0 Å². The van der Waals surface area contributed by atoms with Gasteiger partial charge in [0.25, 0.3) is 0 Å². The van der Waals surface area contributed by atoms with Crippen LogP contribution in [0.15, 0.2) is 28.9 Å². The number of hydrogen-bond acceptors (Lipinski definition) is 3. The van der Waals surface area contributed by atoms with Crippen LogP contribution in [-0.2, 0) is 24.3 Å². The normalized spacial score (nSPS) is 11.0. The average molecular weight is 352 g/mol. The van der Waals surface area contributed by atoms with Crippen LogP contribution < -0.4 is 0 Å². The summed E-state index contributed by atoms with van der Waals surface area (Å²) in [6, 6.07) is 6.36. The van der Waals surface area contributed by atoms with Crippen LogP contribution in [-0.4, -0.2) is 21.6 Å². The zero-order chi connectivity index (χ0) is 15.1. The van der Waals surface area contributed by atoms with Crippen LogP contribution in [0.4, 0.5) is 0 Å². The summed E-state index contributed by atoms with van der Waals surface area (Å²) >= 11 is 3.57. The van der Waals surface area contributed by atoms with E-state index in [-0.39, 0.29) is 0 Å². The van der Waals surface area contributed by atoms with E-state index in [0.717, 1.165) is 24.0 Å². The molecule has 0 atom stereocenters. The number of ether oxygens (including phenoxy) is 1.